The molecule has 0 radical (unpaired) electrons. The van der Waals surface area contributed by atoms with Crippen molar-refractivity contribution in [1.29, 1.82) is 0 Å². The van der Waals surface area contributed by atoms with E-state index in [1.165, 1.54) is 16.9 Å². The van der Waals surface area contributed by atoms with Gasteiger partial charge in [-0.15, -0.1) is 11.3 Å². The summed E-state index contributed by atoms with van der Waals surface area (Å²) in [5.74, 6) is 0.239. The maximum Gasteiger partial charge on any atom is 0.173 e. The lowest BCUT2D eigenvalue weighted by atomic mass is 10.1. The van der Waals surface area contributed by atoms with Gasteiger partial charge in [-0.2, -0.15) is 0 Å². The first-order valence-corrected chi connectivity index (χ1v) is 7.25. The van der Waals surface area contributed by atoms with Crippen LogP contribution in [0.5, 0.6) is 0 Å². The Morgan fingerprint density at radius 1 is 1.18 bits per heavy atom. The average Bonchev–Trinajstić information content (AvgIpc) is 2.77. The molecule has 0 amide bonds. The van der Waals surface area contributed by atoms with Crippen molar-refractivity contribution in [2.45, 2.75) is 19.3 Å². The first-order valence-electron chi connectivity index (χ1n) is 5.57. The lowest BCUT2D eigenvalue weighted by Gasteiger charge is -2.00. The van der Waals surface area contributed by atoms with Crippen molar-refractivity contribution in [1.82, 2.24) is 0 Å². The highest BCUT2D eigenvalue weighted by molar-refractivity contribution is 9.10. The molecule has 0 fully saturated rings. The molecule has 17 heavy (non-hydrogen) atoms. The van der Waals surface area contributed by atoms with Gasteiger partial charge in [0.2, 0.25) is 0 Å². The van der Waals surface area contributed by atoms with E-state index in [-0.39, 0.29) is 5.78 Å². The Labute approximate surface area is 114 Å². The van der Waals surface area contributed by atoms with Crippen LogP contribution in [0.15, 0.2) is 46.3 Å². The standard InChI is InChI=1S/C14H13BrOS/c15-12-9-10-17-14(12)13(16)8-4-7-11-5-2-1-3-6-11/h1-3,5-6,9-10H,4,7-8H2. The smallest absolute Gasteiger partial charge is 0.173 e. The lowest BCUT2D eigenvalue weighted by Crippen LogP contribution is -1.98. The second kappa shape index (κ2) is 6.12. The average molecular weight is 309 g/mol. The molecular weight excluding hydrogens is 296 g/mol. The molecule has 0 aliphatic heterocycles. The molecule has 0 bridgehead atoms. The summed E-state index contributed by atoms with van der Waals surface area (Å²) < 4.78 is 0.923. The summed E-state index contributed by atoms with van der Waals surface area (Å²) in [4.78, 5) is 12.7. The number of thiophene rings is 1. The van der Waals surface area contributed by atoms with Gasteiger partial charge in [0.15, 0.2) is 5.78 Å². The number of hydrogen-bond donors (Lipinski definition) is 0. The van der Waals surface area contributed by atoms with Gasteiger partial charge in [0, 0.05) is 10.9 Å². The number of aryl methyl sites for hydroxylation is 1. The van der Waals surface area contributed by atoms with Gasteiger partial charge >= 0.3 is 0 Å². The summed E-state index contributed by atoms with van der Waals surface area (Å²) in [6.07, 6.45) is 2.50. The fourth-order valence-corrected chi connectivity index (χ4v) is 3.27. The molecule has 1 heterocycles. The maximum absolute atomic E-state index is 11.9. The Morgan fingerprint density at radius 3 is 2.59 bits per heavy atom. The zero-order valence-electron chi connectivity index (χ0n) is 9.36. The Hall–Kier alpha value is -0.930. The SMILES string of the molecule is O=C(CCCc1ccccc1)c1sccc1Br. The molecule has 0 saturated heterocycles. The van der Waals surface area contributed by atoms with Crippen molar-refractivity contribution in [3.63, 3.8) is 0 Å². The van der Waals surface area contributed by atoms with Crippen LogP contribution in [0.2, 0.25) is 0 Å². The summed E-state index contributed by atoms with van der Waals surface area (Å²) in [5, 5.41) is 1.94. The maximum atomic E-state index is 11.9. The van der Waals surface area contributed by atoms with Gasteiger partial charge in [-0.3, -0.25) is 4.79 Å². The van der Waals surface area contributed by atoms with Gasteiger partial charge in [0.1, 0.15) is 0 Å². The highest BCUT2D eigenvalue weighted by atomic mass is 79.9. The van der Waals surface area contributed by atoms with Crippen LogP contribution in [0, 0.1) is 0 Å². The van der Waals surface area contributed by atoms with Crippen molar-refractivity contribution in [2.75, 3.05) is 0 Å². The van der Waals surface area contributed by atoms with E-state index in [9.17, 15) is 4.79 Å². The van der Waals surface area contributed by atoms with E-state index in [1.807, 2.05) is 29.6 Å². The van der Waals surface area contributed by atoms with Crippen LogP contribution in [0.3, 0.4) is 0 Å². The normalized spacial score (nSPS) is 10.4. The van der Waals surface area contributed by atoms with E-state index in [0.717, 1.165) is 22.2 Å². The van der Waals surface area contributed by atoms with Crippen LogP contribution in [-0.2, 0) is 6.42 Å². The zero-order chi connectivity index (χ0) is 12.1. The quantitative estimate of drug-likeness (QED) is 0.731. The molecule has 1 aromatic heterocycles. The molecule has 2 rings (SSSR count). The summed E-state index contributed by atoms with van der Waals surface area (Å²) in [5.41, 5.74) is 1.30. The van der Waals surface area contributed by atoms with E-state index < -0.39 is 0 Å². The first-order chi connectivity index (χ1) is 8.27. The van der Waals surface area contributed by atoms with E-state index >= 15 is 0 Å². The third-order valence-corrected chi connectivity index (χ3v) is 4.46. The molecule has 0 atom stereocenters. The third kappa shape index (κ3) is 3.51. The largest absolute Gasteiger partial charge is 0.293 e. The Morgan fingerprint density at radius 2 is 1.94 bits per heavy atom. The summed E-state index contributed by atoms with van der Waals surface area (Å²) in [6, 6.07) is 12.2. The zero-order valence-corrected chi connectivity index (χ0v) is 11.8. The molecule has 88 valence electrons. The molecular formula is C14H13BrOS. The molecule has 0 unspecified atom stereocenters. The number of Topliss-reactive ketones (excluding diaryl/α,β-unsaturated/α-hetero) is 1. The Kier molecular flexibility index (Phi) is 4.51. The summed E-state index contributed by atoms with van der Waals surface area (Å²) >= 11 is 4.90. The van der Waals surface area contributed by atoms with Crippen molar-refractivity contribution >= 4 is 33.0 Å². The van der Waals surface area contributed by atoms with Crippen LogP contribution in [0.4, 0.5) is 0 Å². The number of halogens is 1. The monoisotopic (exact) mass is 308 g/mol. The van der Waals surface area contributed by atoms with Crippen molar-refractivity contribution in [2.24, 2.45) is 0 Å². The molecule has 2 aromatic rings. The Bertz CT molecular complexity index is 490. The highest BCUT2D eigenvalue weighted by Crippen LogP contribution is 2.24. The molecule has 0 spiro atoms. The molecule has 3 heteroatoms. The Balaban J connectivity index is 1.84. The van der Waals surface area contributed by atoms with Gasteiger partial charge in [-0.05, 0) is 45.8 Å². The molecule has 1 nitrogen and oxygen atoms in total. The fourth-order valence-electron chi connectivity index (χ4n) is 1.70. The number of rotatable bonds is 5. The molecule has 0 saturated carbocycles. The third-order valence-electron chi connectivity index (χ3n) is 2.58. The number of benzene rings is 1. The predicted octanol–water partition coefficient (Wildman–Crippen LogP) is 4.72. The van der Waals surface area contributed by atoms with Gasteiger partial charge in [0.05, 0.1) is 4.88 Å². The van der Waals surface area contributed by atoms with Gasteiger partial charge in [-0.1, -0.05) is 30.3 Å². The van der Waals surface area contributed by atoms with Crippen LogP contribution in [0.1, 0.15) is 28.1 Å². The van der Waals surface area contributed by atoms with Gasteiger partial charge in [-0.25, -0.2) is 0 Å². The number of ketones is 1. The summed E-state index contributed by atoms with van der Waals surface area (Å²) in [7, 11) is 0. The van der Waals surface area contributed by atoms with Crippen LogP contribution in [0.25, 0.3) is 0 Å². The second-order valence-electron chi connectivity index (χ2n) is 3.86. The van der Waals surface area contributed by atoms with E-state index in [2.05, 4.69) is 28.1 Å². The number of carbonyl (C=O) groups excluding carboxylic acids is 1. The van der Waals surface area contributed by atoms with Crippen molar-refractivity contribution < 1.29 is 4.79 Å². The van der Waals surface area contributed by atoms with Crippen LogP contribution in [-0.4, -0.2) is 5.78 Å². The van der Waals surface area contributed by atoms with Crippen molar-refractivity contribution in [3.8, 4) is 0 Å². The molecule has 1 aromatic carbocycles. The lowest BCUT2D eigenvalue weighted by molar-refractivity contribution is 0.0983. The van der Waals surface area contributed by atoms with Crippen LogP contribution >= 0.6 is 27.3 Å². The predicted molar refractivity (Wildman–Crippen MR) is 75.7 cm³/mol. The molecule has 0 aliphatic carbocycles. The van der Waals surface area contributed by atoms with E-state index in [4.69, 9.17) is 0 Å². The minimum atomic E-state index is 0.239. The number of carbonyl (C=O) groups is 1. The minimum Gasteiger partial charge on any atom is -0.293 e. The second-order valence-corrected chi connectivity index (χ2v) is 5.63. The van der Waals surface area contributed by atoms with Gasteiger partial charge in [0.25, 0.3) is 0 Å². The molecule has 0 N–H and O–H groups in total. The van der Waals surface area contributed by atoms with Crippen molar-refractivity contribution in [3.05, 3.63) is 56.7 Å². The first kappa shape index (κ1) is 12.5. The topological polar surface area (TPSA) is 17.1 Å². The fraction of sp³-hybridized carbons (Fsp3) is 0.214. The van der Waals surface area contributed by atoms with Crippen LogP contribution < -0.4 is 0 Å². The van der Waals surface area contributed by atoms with Gasteiger partial charge < -0.3 is 0 Å². The molecule has 0 aliphatic rings. The summed E-state index contributed by atoms with van der Waals surface area (Å²) in [6.45, 7) is 0. The van der Waals surface area contributed by atoms with E-state index in [0.29, 0.717) is 6.42 Å². The van der Waals surface area contributed by atoms with E-state index in [1.54, 1.807) is 0 Å². The number of hydrogen-bond acceptors (Lipinski definition) is 2. The minimum absolute atomic E-state index is 0.239. The highest BCUT2D eigenvalue weighted by Gasteiger charge is 2.10.